The second-order valence-corrected chi connectivity index (χ2v) is 8.70. The summed E-state index contributed by atoms with van der Waals surface area (Å²) in [5.74, 6) is 0.0470. The topological polar surface area (TPSA) is 102 Å². The van der Waals surface area contributed by atoms with Gasteiger partial charge in [0, 0.05) is 30.7 Å². The molecule has 2 unspecified atom stereocenters. The molecule has 1 amide bonds. The van der Waals surface area contributed by atoms with Crippen LogP contribution in [0.25, 0.3) is 0 Å². The molecule has 0 radical (unpaired) electrons. The van der Waals surface area contributed by atoms with Crippen LogP contribution in [0, 0.1) is 5.92 Å². The van der Waals surface area contributed by atoms with E-state index in [4.69, 9.17) is 10.5 Å². The molecule has 2 rings (SSSR count). The summed E-state index contributed by atoms with van der Waals surface area (Å²) in [5, 5.41) is 2.86. The molecule has 0 aliphatic heterocycles. The number of hydrogen-bond acceptors (Lipinski definition) is 5. The third kappa shape index (κ3) is 5.83. The predicted molar refractivity (Wildman–Crippen MR) is 114 cm³/mol. The molecular formula is C19H32ClN3O4S. The van der Waals surface area contributed by atoms with Crippen LogP contribution in [0.1, 0.15) is 46.5 Å². The van der Waals surface area contributed by atoms with Crippen molar-refractivity contribution in [3.8, 4) is 5.75 Å². The smallest absolute Gasteiger partial charge is 0.246 e. The monoisotopic (exact) mass is 433 g/mol. The van der Waals surface area contributed by atoms with E-state index >= 15 is 0 Å². The molecule has 28 heavy (non-hydrogen) atoms. The second-order valence-electron chi connectivity index (χ2n) is 6.80. The lowest BCUT2D eigenvalue weighted by Gasteiger charge is -2.26. The summed E-state index contributed by atoms with van der Waals surface area (Å²) in [5.41, 5.74) is 6.43. The molecule has 0 bridgehead atoms. The Hall–Kier alpha value is -1.35. The maximum Gasteiger partial charge on any atom is 0.246 e. The normalized spacial score (nSPS) is 19.8. The summed E-state index contributed by atoms with van der Waals surface area (Å²) >= 11 is 0. The first-order valence-corrected chi connectivity index (χ1v) is 11.1. The number of amides is 1. The summed E-state index contributed by atoms with van der Waals surface area (Å²) in [6, 6.07) is 4.81. The average molecular weight is 434 g/mol. The van der Waals surface area contributed by atoms with Gasteiger partial charge < -0.3 is 15.8 Å². The number of ether oxygens (including phenoxy) is 1. The fraction of sp³-hybridized carbons (Fsp3) is 0.632. The summed E-state index contributed by atoms with van der Waals surface area (Å²) in [7, 11) is -3.71. The van der Waals surface area contributed by atoms with Gasteiger partial charge in [-0.3, -0.25) is 4.79 Å². The molecule has 7 nitrogen and oxygen atoms in total. The number of anilines is 1. The highest BCUT2D eigenvalue weighted by Crippen LogP contribution is 2.31. The highest BCUT2D eigenvalue weighted by atomic mass is 35.5. The number of halogens is 1. The van der Waals surface area contributed by atoms with Crippen LogP contribution in [-0.4, -0.2) is 44.4 Å². The maximum absolute atomic E-state index is 13.0. The van der Waals surface area contributed by atoms with E-state index in [0.29, 0.717) is 37.6 Å². The van der Waals surface area contributed by atoms with Gasteiger partial charge in [-0.1, -0.05) is 20.3 Å². The summed E-state index contributed by atoms with van der Waals surface area (Å²) in [4.78, 5) is 12.6. The molecule has 1 aliphatic carbocycles. The van der Waals surface area contributed by atoms with Crippen molar-refractivity contribution in [3.63, 3.8) is 0 Å². The van der Waals surface area contributed by atoms with Crippen molar-refractivity contribution in [3.05, 3.63) is 18.2 Å². The van der Waals surface area contributed by atoms with E-state index in [2.05, 4.69) is 5.32 Å². The zero-order chi connectivity index (χ0) is 20.0. The van der Waals surface area contributed by atoms with Crippen LogP contribution >= 0.6 is 12.4 Å². The van der Waals surface area contributed by atoms with Crippen LogP contribution in [0.2, 0.25) is 0 Å². The standard InChI is InChI=1S/C19H31N3O4S.ClH/c1-4-22(5-2)27(24,25)18-13-16(10-11-17(18)26-6-3)21-19(23)14-8-7-9-15(20)12-14;/h10-11,13-15H,4-9,12,20H2,1-3H3,(H,21,23);1H. The number of nitrogens with one attached hydrogen (secondary N) is 1. The van der Waals surface area contributed by atoms with Gasteiger partial charge in [-0.25, -0.2) is 8.42 Å². The number of rotatable bonds is 8. The highest BCUT2D eigenvalue weighted by molar-refractivity contribution is 7.89. The maximum atomic E-state index is 13.0. The Morgan fingerprint density at radius 3 is 2.50 bits per heavy atom. The largest absolute Gasteiger partial charge is 0.492 e. The fourth-order valence-electron chi connectivity index (χ4n) is 3.47. The molecule has 3 N–H and O–H groups in total. The lowest BCUT2D eigenvalue weighted by Crippen LogP contribution is -2.34. The molecule has 1 saturated carbocycles. The van der Waals surface area contributed by atoms with Gasteiger partial charge >= 0.3 is 0 Å². The Morgan fingerprint density at radius 1 is 1.25 bits per heavy atom. The van der Waals surface area contributed by atoms with Gasteiger partial charge in [0.05, 0.1) is 6.61 Å². The van der Waals surface area contributed by atoms with Crippen molar-refractivity contribution < 1.29 is 17.9 Å². The molecule has 160 valence electrons. The van der Waals surface area contributed by atoms with Gasteiger partial charge in [0.2, 0.25) is 15.9 Å². The van der Waals surface area contributed by atoms with Crippen molar-refractivity contribution in [1.82, 2.24) is 4.31 Å². The zero-order valence-corrected chi connectivity index (χ0v) is 18.4. The number of carbonyl (C=O) groups is 1. The first kappa shape index (κ1) is 24.7. The SMILES string of the molecule is CCOc1ccc(NC(=O)C2CCCC(N)C2)cc1S(=O)(=O)N(CC)CC.Cl. The number of sulfonamides is 1. The summed E-state index contributed by atoms with van der Waals surface area (Å²) in [6.07, 6.45) is 3.35. The third-order valence-corrected chi connectivity index (χ3v) is 6.99. The van der Waals surface area contributed by atoms with Gasteiger partial charge in [-0.15, -0.1) is 12.4 Å². The van der Waals surface area contributed by atoms with E-state index in [-0.39, 0.29) is 35.2 Å². The fourth-order valence-corrected chi connectivity index (χ4v) is 5.09. The second kappa shape index (κ2) is 11.0. The van der Waals surface area contributed by atoms with Crippen LogP contribution in [0.4, 0.5) is 5.69 Å². The number of nitrogens with zero attached hydrogens (tertiary/aromatic N) is 1. The van der Waals surface area contributed by atoms with Crippen LogP contribution in [-0.2, 0) is 14.8 Å². The molecular weight excluding hydrogens is 402 g/mol. The first-order chi connectivity index (χ1) is 12.8. The van der Waals surface area contributed by atoms with Crippen molar-refractivity contribution in [1.29, 1.82) is 0 Å². The van der Waals surface area contributed by atoms with Crippen molar-refractivity contribution in [2.75, 3.05) is 25.0 Å². The molecule has 2 atom stereocenters. The van der Waals surface area contributed by atoms with Crippen molar-refractivity contribution in [2.45, 2.75) is 57.4 Å². The molecule has 1 fully saturated rings. The van der Waals surface area contributed by atoms with Gasteiger partial charge in [-0.2, -0.15) is 4.31 Å². The summed E-state index contributed by atoms with van der Waals surface area (Å²) < 4.78 is 32.9. The van der Waals surface area contributed by atoms with Gasteiger partial charge in [0.25, 0.3) is 0 Å². The minimum atomic E-state index is -3.71. The van der Waals surface area contributed by atoms with E-state index in [0.717, 1.165) is 19.3 Å². The molecule has 9 heteroatoms. The van der Waals surface area contributed by atoms with Gasteiger partial charge in [-0.05, 0) is 44.4 Å². The lowest BCUT2D eigenvalue weighted by molar-refractivity contribution is -0.120. The number of nitrogens with two attached hydrogens (primary N) is 1. The Balaban J connectivity index is 0.00000392. The Morgan fingerprint density at radius 2 is 1.93 bits per heavy atom. The van der Waals surface area contributed by atoms with Gasteiger partial charge in [0.1, 0.15) is 10.6 Å². The molecule has 0 saturated heterocycles. The van der Waals surface area contributed by atoms with Crippen molar-refractivity contribution in [2.24, 2.45) is 11.7 Å². The Labute approximate surface area is 174 Å². The van der Waals surface area contributed by atoms with E-state index in [1.165, 1.54) is 10.4 Å². The van der Waals surface area contributed by atoms with Gasteiger partial charge in [0.15, 0.2) is 0 Å². The highest BCUT2D eigenvalue weighted by Gasteiger charge is 2.28. The van der Waals surface area contributed by atoms with Crippen LogP contribution in [0.3, 0.4) is 0 Å². The molecule has 0 heterocycles. The van der Waals surface area contributed by atoms with E-state index in [1.807, 2.05) is 0 Å². The van der Waals surface area contributed by atoms with E-state index in [9.17, 15) is 13.2 Å². The van der Waals surface area contributed by atoms with Crippen LogP contribution in [0.15, 0.2) is 23.1 Å². The number of carbonyl (C=O) groups excluding carboxylic acids is 1. The van der Waals surface area contributed by atoms with Crippen LogP contribution in [0.5, 0.6) is 5.75 Å². The molecule has 1 aromatic carbocycles. The molecule has 1 aliphatic rings. The minimum Gasteiger partial charge on any atom is -0.492 e. The van der Waals surface area contributed by atoms with Crippen LogP contribution < -0.4 is 15.8 Å². The minimum absolute atomic E-state index is 0. The predicted octanol–water partition coefficient (Wildman–Crippen LogP) is 2.99. The third-order valence-electron chi connectivity index (χ3n) is 4.92. The van der Waals surface area contributed by atoms with E-state index < -0.39 is 10.0 Å². The Bertz CT molecular complexity index is 754. The van der Waals surface area contributed by atoms with E-state index in [1.54, 1.807) is 32.9 Å². The van der Waals surface area contributed by atoms with Crippen molar-refractivity contribution >= 4 is 34.0 Å². The first-order valence-electron chi connectivity index (χ1n) is 9.66. The summed E-state index contributed by atoms with van der Waals surface area (Å²) in [6.45, 7) is 6.46. The number of benzene rings is 1. The quantitative estimate of drug-likeness (QED) is 0.656. The molecule has 1 aromatic rings. The molecule has 0 aromatic heterocycles. The lowest BCUT2D eigenvalue weighted by atomic mass is 9.85. The number of hydrogen-bond donors (Lipinski definition) is 2. The average Bonchev–Trinajstić information content (AvgIpc) is 2.63. The molecule has 0 spiro atoms. The Kier molecular flexibility index (Phi) is 9.69. The zero-order valence-electron chi connectivity index (χ0n) is 16.8.